The van der Waals surface area contributed by atoms with E-state index in [0.29, 0.717) is 0 Å². The summed E-state index contributed by atoms with van der Waals surface area (Å²) in [5, 5.41) is 9.36. The van der Waals surface area contributed by atoms with Gasteiger partial charge in [-0.1, -0.05) is 30.4 Å². The largest absolute Gasteiger partial charge is 0.494 e. The standard InChI is InChI=1S/C19H16F2O4/c1-24-16-8-4-6-12(18(16)21)5-3-7-14(19(22)23)13-9-10-15(20)17(11-13)25-2/h3-11H,1-2H3,(H,22,23)/b5-3+,14-7+. The fraction of sp³-hybridized carbons (Fsp3) is 0.105. The van der Waals surface area contributed by atoms with Crippen LogP contribution < -0.4 is 9.47 Å². The average Bonchev–Trinajstić information content (AvgIpc) is 2.60. The number of carboxylic acids is 1. The highest BCUT2D eigenvalue weighted by Crippen LogP contribution is 2.24. The van der Waals surface area contributed by atoms with Crippen LogP contribution in [-0.4, -0.2) is 25.3 Å². The normalized spacial score (nSPS) is 11.6. The molecule has 130 valence electrons. The molecule has 0 aliphatic carbocycles. The Morgan fingerprint density at radius 3 is 2.44 bits per heavy atom. The van der Waals surface area contributed by atoms with Crippen LogP contribution in [0.2, 0.25) is 0 Å². The van der Waals surface area contributed by atoms with Gasteiger partial charge >= 0.3 is 5.97 Å². The molecule has 4 nitrogen and oxygen atoms in total. The second kappa shape index (κ2) is 8.10. The van der Waals surface area contributed by atoms with Crippen molar-refractivity contribution in [2.45, 2.75) is 0 Å². The van der Waals surface area contributed by atoms with E-state index in [1.807, 2.05) is 0 Å². The van der Waals surface area contributed by atoms with Crippen LogP contribution in [0.4, 0.5) is 8.78 Å². The van der Waals surface area contributed by atoms with Crippen molar-refractivity contribution in [1.29, 1.82) is 0 Å². The van der Waals surface area contributed by atoms with Crippen LogP contribution in [0.5, 0.6) is 11.5 Å². The number of methoxy groups -OCH3 is 2. The highest BCUT2D eigenvalue weighted by atomic mass is 19.1. The smallest absolute Gasteiger partial charge is 0.336 e. The highest BCUT2D eigenvalue weighted by molar-refractivity contribution is 6.15. The van der Waals surface area contributed by atoms with Crippen LogP contribution in [-0.2, 0) is 4.79 Å². The van der Waals surface area contributed by atoms with Gasteiger partial charge in [-0.25, -0.2) is 13.6 Å². The van der Waals surface area contributed by atoms with E-state index in [2.05, 4.69) is 0 Å². The number of rotatable bonds is 6. The molecule has 0 aromatic heterocycles. The second-order valence-corrected chi connectivity index (χ2v) is 4.96. The summed E-state index contributed by atoms with van der Waals surface area (Å²) in [7, 11) is 2.65. The van der Waals surface area contributed by atoms with Crippen molar-refractivity contribution in [1.82, 2.24) is 0 Å². The van der Waals surface area contributed by atoms with Crippen molar-refractivity contribution in [3.05, 3.63) is 71.3 Å². The monoisotopic (exact) mass is 346 g/mol. The Morgan fingerprint density at radius 1 is 1.08 bits per heavy atom. The molecule has 0 heterocycles. The van der Waals surface area contributed by atoms with Crippen molar-refractivity contribution < 1.29 is 28.2 Å². The lowest BCUT2D eigenvalue weighted by Crippen LogP contribution is -2.00. The van der Waals surface area contributed by atoms with Gasteiger partial charge in [0.2, 0.25) is 0 Å². The number of halogens is 2. The molecule has 25 heavy (non-hydrogen) atoms. The third-order valence-electron chi connectivity index (χ3n) is 3.44. The third kappa shape index (κ3) is 4.23. The van der Waals surface area contributed by atoms with Crippen molar-refractivity contribution >= 4 is 17.6 Å². The van der Waals surface area contributed by atoms with Gasteiger partial charge in [-0.15, -0.1) is 0 Å². The molecular weight excluding hydrogens is 330 g/mol. The van der Waals surface area contributed by atoms with Gasteiger partial charge in [-0.2, -0.15) is 0 Å². The fourth-order valence-corrected chi connectivity index (χ4v) is 2.18. The number of carbonyl (C=O) groups is 1. The Labute approximate surface area is 143 Å². The van der Waals surface area contributed by atoms with E-state index in [4.69, 9.17) is 9.47 Å². The maximum atomic E-state index is 14.1. The van der Waals surface area contributed by atoms with Crippen LogP contribution in [0.25, 0.3) is 11.6 Å². The van der Waals surface area contributed by atoms with Crippen LogP contribution >= 0.6 is 0 Å². The van der Waals surface area contributed by atoms with Crippen molar-refractivity contribution in [3.8, 4) is 11.5 Å². The first kappa shape index (κ1) is 18.2. The molecule has 0 aliphatic rings. The minimum absolute atomic E-state index is 0.0625. The maximum Gasteiger partial charge on any atom is 0.336 e. The zero-order valence-corrected chi connectivity index (χ0v) is 13.6. The Morgan fingerprint density at radius 2 is 1.80 bits per heavy atom. The van der Waals surface area contributed by atoms with E-state index in [1.165, 1.54) is 56.7 Å². The van der Waals surface area contributed by atoms with Crippen LogP contribution in [0.3, 0.4) is 0 Å². The summed E-state index contributed by atoms with van der Waals surface area (Å²) in [6.45, 7) is 0. The molecule has 1 N–H and O–H groups in total. The molecule has 0 bridgehead atoms. The minimum atomic E-state index is -1.20. The zero-order valence-electron chi connectivity index (χ0n) is 13.6. The Bertz CT molecular complexity index is 841. The van der Waals surface area contributed by atoms with Gasteiger partial charge in [-0.3, -0.25) is 0 Å². The lowest BCUT2D eigenvalue weighted by molar-refractivity contribution is -0.130. The first-order valence-corrected chi connectivity index (χ1v) is 7.26. The van der Waals surface area contributed by atoms with E-state index in [0.717, 1.165) is 6.07 Å². The maximum absolute atomic E-state index is 14.1. The SMILES string of the molecule is COc1cc(/C(=C\C=C\c2cccc(OC)c2F)C(=O)O)ccc1F. The van der Waals surface area contributed by atoms with E-state index in [1.54, 1.807) is 6.07 Å². The Kier molecular flexibility index (Phi) is 5.89. The molecule has 2 aromatic carbocycles. The van der Waals surface area contributed by atoms with E-state index < -0.39 is 17.6 Å². The summed E-state index contributed by atoms with van der Waals surface area (Å²) >= 11 is 0. The lowest BCUT2D eigenvalue weighted by atomic mass is 10.0. The molecule has 0 atom stereocenters. The molecule has 0 amide bonds. The number of allylic oxidation sites excluding steroid dienone is 2. The lowest BCUT2D eigenvalue weighted by Gasteiger charge is -2.06. The molecule has 0 radical (unpaired) electrons. The number of benzene rings is 2. The van der Waals surface area contributed by atoms with Crippen LogP contribution in [0.15, 0.2) is 48.6 Å². The summed E-state index contributed by atoms with van der Waals surface area (Å²) in [6, 6.07) is 8.37. The Hall–Kier alpha value is -3.15. The number of carboxylic acid groups (broad SMARTS) is 1. The molecule has 0 fully saturated rings. The van der Waals surface area contributed by atoms with Gasteiger partial charge in [0.1, 0.15) is 0 Å². The predicted octanol–water partition coefficient (Wildman–Crippen LogP) is 4.16. The van der Waals surface area contributed by atoms with Gasteiger partial charge in [-0.05, 0) is 29.8 Å². The predicted molar refractivity (Wildman–Crippen MR) is 90.6 cm³/mol. The summed E-state index contributed by atoms with van der Waals surface area (Å²) in [5.74, 6) is -2.32. The van der Waals surface area contributed by atoms with Crippen LogP contribution in [0.1, 0.15) is 11.1 Å². The van der Waals surface area contributed by atoms with Gasteiger partial charge in [0.05, 0.1) is 19.8 Å². The molecule has 6 heteroatoms. The topological polar surface area (TPSA) is 55.8 Å². The Balaban J connectivity index is 2.37. The fourth-order valence-electron chi connectivity index (χ4n) is 2.18. The van der Waals surface area contributed by atoms with Gasteiger partial charge in [0.25, 0.3) is 0 Å². The summed E-state index contributed by atoms with van der Waals surface area (Å²) in [6.07, 6.45) is 4.12. The zero-order chi connectivity index (χ0) is 18.4. The van der Waals surface area contributed by atoms with Crippen LogP contribution in [0, 0.1) is 11.6 Å². The summed E-state index contributed by atoms with van der Waals surface area (Å²) in [5.41, 5.74) is 0.427. The van der Waals surface area contributed by atoms with Gasteiger partial charge in [0, 0.05) is 5.56 Å². The van der Waals surface area contributed by atoms with E-state index >= 15 is 0 Å². The molecule has 0 saturated heterocycles. The van der Waals surface area contributed by atoms with Crippen molar-refractivity contribution in [3.63, 3.8) is 0 Å². The number of aliphatic carboxylic acids is 1. The molecule has 2 rings (SSSR count). The average molecular weight is 346 g/mol. The van der Waals surface area contributed by atoms with E-state index in [9.17, 15) is 18.7 Å². The third-order valence-corrected chi connectivity index (χ3v) is 3.44. The van der Waals surface area contributed by atoms with Crippen molar-refractivity contribution in [2.24, 2.45) is 0 Å². The number of ether oxygens (including phenoxy) is 2. The summed E-state index contributed by atoms with van der Waals surface area (Å²) < 4.78 is 37.3. The second-order valence-electron chi connectivity index (χ2n) is 4.96. The first-order chi connectivity index (χ1) is 12.0. The summed E-state index contributed by atoms with van der Waals surface area (Å²) in [4.78, 5) is 11.5. The van der Waals surface area contributed by atoms with E-state index in [-0.39, 0.29) is 28.2 Å². The quantitative estimate of drug-likeness (QED) is 0.630. The molecule has 0 saturated carbocycles. The molecule has 0 spiro atoms. The highest BCUT2D eigenvalue weighted by Gasteiger charge is 2.12. The molecular formula is C19H16F2O4. The molecule has 0 aliphatic heterocycles. The first-order valence-electron chi connectivity index (χ1n) is 7.26. The number of hydrogen-bond acceptors (Lipinski definition) is 3. The van der Waals surface area contributed by atoms with Gasteiger partial charge in [0.15, 0.2) is 23.1 Å². The van der Waals surface area contributed by atoms with Crippen molar-refractivity contribution in [2.75, 3.05) is 14.2 Å². The van der Waals surface area contributed by atoms with Gasteiger partial charge < -0.3 is 14.6 Å². The minimum Gasteiger partial charge on any atom is -0.494 e. The number of hydrogen-bond donors (Lipinski definition) is 1. The molecule has 0 unspecified atom stereocenters. The molecule has 2 aromatic rings.